The molecule has 0 aromatic carbocycles. The lowest BCUT2D eigenvalue weighted by atomic mass is 10.0. The molecule has 0 unspecified atom stereocenters. The Morgan fingerprint density at radius 1 is 0.738 bits per heavy atom. The van der Waals surface area contributed by atoms with Gasteiger partial charge in [-0.1, -0.05) is 105 Å². The van der Waals surface area contributed by atoms with Crippen LogP contribution in [0.3, 0.4) is 0 Å². The summed E-state index contributed by atoms with van der Waals surface area (Å²) in [5, 5.41) is 10.4. The van der Waals surface area contributed by atoms with Gasteiger partial charge in [-0.05, 0) is 59.3 Å². The second kappa shape index (κ2) is 26.7. The second-order valence-electron chi connectivity index (χ2n) is 15.1. The molecule has 0 radical (unpaired) electrons. The number of cyclic esters (lactones) is 1. The summed E-state index contributed by atoms with van der Waals surface area (Å²) < 4.78 is 5.68. The standard InChI is InChI=1S/C45H63N7O9/c1-8-9-10-11-12-13-14-15-16-17-18-19-20-21-22-25-38(54)51(7)39-33(6)61-45(60)34(26-27-37(46)53)49-40(55)31(4)47-42(57)36-24-23-28-52(36)44(59)35(29-30(2)3)50-41(56)32(5)48-43(39)58/h8-22,25,30-36,39H,23-24,26-29H2,1-7H3,(H2,46,53)(H,47,57)(H,48,58)(H,49,55)(H,50,56)/t31-,32+,33+,34-,35-,36-,39-/m0/s1. The Morgan fingerprint density at radius 3 is 1.74 bits per heavy atom. The molecule has 0 aromatic heterocycles. The Hall–Kier alpha value is -6.32. The Kier molecular flexibility index (Phi) is 22.3. The van der Waals surface area contributed by atoms with Gasteiger partial charge >= 0.3 is 5.97 Å². The fourth-order valence-corrected chi connectivity index (χ4v) is 6.37. The van der Waals surface area contributed by atoms with E-state index < -0.39 is 89.7 Å². The molecular formula is C45H63N7O9. The highest BCUT2D eigenvalue weighted by atomic mass is 16.5. The number of nitrogens with two attached hydrogens (primary N) is 1. The third-order valence-electron chi connectivity index (χ3n) is 9.60. The number of nitrogens with one attached hydrogen (secondary N) is 4. The van der Waals surface area contributed by atoms with Crippen LogP contribution in [-0.4, -0.2) is 113 Å². The number of carbonyl (C=O) groups excluding carboxylic acids is 8. The van der Waals surface area contributed by atoms with Gasteiger partial charge in [-0.2, -0.15) is 0 Å². The smallest absolute Gasteiger partial charge is 0.329 e. The summed E-state index contributed by atoms with van der Waals surface area (Å²) in [4.78, 5) is 110. The van der Waals surface area contributed by atoms with E-state index in [1.54, 1.807) is 24.3 Å². The van der Waals surface area contributed by atoms with E-state index in [2.05, 4.69) is 21.3 Å². The van der Waals surface area contributed by atoms with Crippen LogP contribution in [0.1, 0.15) is 73.6 Å². The minimum atomic E-state index is -1.51. The van der Waals surface area contributed by atoms with E-state index >= 15 is 0 Å². The fourth-order valence-electron chi connectivity index (χ4n) is 6.37. The van der Waals surface area contributed by atoms with E-state index in [0.717, 1.165) is 4.90 Å². The molecule has 2 rings (SSSR count). The van der Waals surface area contributed by atoms with E-state index in [4.69, 9.17) is 10.5 Å². The molecule has 0 aliphatic carbocycles. The van der Waals surface area contributed by atoms with E-state index in [9.17, 15) is 38.4 Å². The molecule has 0 bridgehead atoms. The third-order valence-corrected chi connectivity index (χ3v) is 9.60. The Labute approximate surface area is 359 Å². The number of likely N-dealkylation sites (N-methyl/N-ethyl adjacent to an activating group) is 1. The molecule has 0 aromatic rings. The molecule has 0 saturated carbocycles. The first-order chi connectivity index (χ1) is 29.0. The first-order valence-electron chi connectivity index (χ1n) is 20.5. The molecule has 2 aliphatic rings. The van der Waals surface area contributed by atoms with Crippen molar-refractivity contribution in [3.63, 3.8) is 0 Å². The normalized spacial score (nSPS) is 25.8. The monoisotopic (exact) mass is 845 g/mol. The fraction of sp³-hybridized carbons (Fsp3) is 0.467. The summed E-state index contributed by atoms with van der Waals surface area (Å²) in [7, 11) is 1.32. The summed E-state index contributed by atoms with van der Waals surface area (Å²) in [5.74, 6) is -5.96. The summed E-state index contributed by atoms with van der Waals surface area (Å²) in [6.07, 6.45) is 27.5. The van der Waals surface area contributed by atoms with Crippen LogP contribution in [0.2, 0.25) is 0 Å². The average Bonchev–Trinajstić information content (AvgIpc) is 3.70. The summed E-state index contributed by atoms with van der Waals surface area (Å²) in [6.45, 7) is 10.1. The van der Waals surface area contributed by atoms with Crippen molar-refractivity contribution < 1.29 is 43.1 Å². The molecule has 6 N–H and O–H groups in total. The number of hydrogen-bond acceptors (Lipinski definition) is 9. The number of esters is 1. The van der Waals surface area contributed by atoms with Crippen LogP contribution < -0.4 is 27.0 Å². The number of fused-ring (bicyclic) bond motifs is 1. The van der Waals surface area contributed by atoms with Gasteiger partial charge in [0.1, 0.15) is 42.4 Å². The van der Waals surface area contributed by atoms with E-state index in [1.165, 1.54) is 44.9 Å². The van der Waals surface area contributed by atoms with Gasteiger partial charge in [0.05, 0.1) is 0 Å². The number of nitrogens with zero attached hydrogens (tertiary/aromatic N) is 2. The lowest BCUT2D eigenvalue weighted by Crippen LogP contribution is -2.59. The average molecular weight is 846 g/mol. The van der Waals surface area contributed by atoms with Crippen molar-refractivity contribution in [3.8, 4) is 0 Å². The number of rotatable bonds is 14. The lowest BCUT2D eigenvalue weighted by molar-refractivity contribution is -0.159. The van der Waals surface area contributed by atoms with Crippen molar-refractivity contribution in [1.29, 1.82) is 0 Å². The molecule has 2 fully saturated rings. The van der Waals surface area contributed by atoms with Crippen LogP contribution in [0.15, 0.2) is 97.2 Å². The van der Waals surface area contributed by atoms with Crippen LogP contribution >= 0.6 is 0 Å². The maximum Gasteiger partial charge on any atom is 0.329 e. The highest BCUT2D eigenvalue weighted by molar-refractivity contribution is 5.98. The predicted molar refractivity (Wildman–Crippen MR) is 233 cm³/mol. The molecule has 16 heteroatoms. The highest BCUT2D eigenvalue weighted by Gasteiger charge is 2.41. The number of primary amides is 1. The van der Waals surface area contributed by atoms with Gasteiger partial charge in [0.15, 0.2) is 0 Å². The third kappa shape index (κ3) is 17.8. The van der Waals surface area contributed by atoms with E-state index in [-0.39, 0.29) is 31.7 Å². The van der Waals surface area contributed by atoms with Gasteiger partial charge in [0.2, 0.25) is 41.4 Å². The molecule has 7 atom stereocenters. The molecule has 0 spiro atoms. The zero-order valence-corrected chi connectivity index (χ0v) is 36.2. The first-order valence-corrected chi connectivity index (χ1v) is 20.5. The number of allylic oxidation sites excluding steroid dienone is 15. The van der Waals surface area contributed by atoms with Gasteiger partial charge in [-0.3, -0.25) is 33.6 Å². The van der Waals surface area contributed by atoms with Crippen molar-refractivity contribution in [2.24, 2.45) is 11.7 Å². The van der Waals surface area contributed by atoms with Crippen molar-refractivity contribution in [2.45, 2.75) is 116 Å². The largest absolute Gasteiger partial charge is 0.458 e. The maximum absolute atomic E-state index is 14.0. The van der Waals surface area contributed by atoms with Crippen molar-refractivity contribution >= 4 is 47.3 Å². The molecule has 2 aliphatic heterocycles. The maximum atomic E-state index is 14.0. The molecule has 7 amide bonds. The van der Waals surface area contributed by atoms with Gasteiger partial charge in [0, 0.05) is 26.1 Å². The zero-order valence-electron chi connectivity index (χ0n) is 36.2. The summed E-state index contributed by atoms with van der Waals surface area (Å²) in [6, 6.07) is -7.36. The molecular weight excluding hydrogens is 783 g/mol. The molecule has 332 valence electrons. The molecule has 2 heterocycles. The van der Waals surface area contributed by atoms with Gasteiger partial charge < -0.3 is 41.5 Å². The van der Waals surface area contributed by atoms with Crippen LogP contribution in [0.5, 0.6) is 0 Å². The SMILES string of the molecule is CC=CC=CC=CC=CC=CC=CC=CC=CC(=O)N(C)[C@@H]1C(=O)N[C@H](C)C(=O)N[C@@H](CC(C)C)C(=O)N2CCC[C@H]2C(=O)N[C@@H](C)C(=O)N[C@@H](CCC(N)=O)C(=O)O[C@@H]1C. The van der Waals surface area contributed by atoms with Crippen LogP contribution in [-0.2, 0) is 43.1 Å². The molecule has 16 nitrogen and oxygen atoms in total. The number of ether oxygens (including phenoxy) is 1. The zero-order chi connectivity index (χ0) is 45.5. The topological polar surface area (TPSA) is 226 Å². The predicted octanol–water partition coefficient (Wildman–Crippen LogP) is 2.51. The van der Waals surface area contributed by atoms with Crippen LogP contribution in [0, 0.1) is 5.92 Å². The summed E-state index contributed by atoms with van der Waals surface area (Å²) in [5.41, 5.74) is 5.35. The van der Waals surface area contributed by atoms with Crippen molar-refractivity contribution in [2.75, 3.05) is 13.6 Å². The quantitative estimate of drug-likeness (QED) is 0.0983. The summed E-state index contributed by atoms with van der Waals surface area (Å²) >= 11 is 0. The van der Waals surface area contributed by atoms with Crippen LogP contribution in [0.25, 0.3) is 0 Å². The molecule has 2 saturated heterocycles. The number of hydrogen-bond donors (Lipinski definition) is 5. The van der Waals surface area contributed by atoms with Gasteiger partial charge in [-0.15, -0.1) is 0 Å². The minimum Gasteiger partial charge on any atom is -0.458 e. The highest BCUT2D eigenvalue weighted by Crippen LogP contribution is 2.21. The van der Waals surface area contributed by atoms with Gasteiger partial charge in [-0.25, -0.2) is 4.79 Å². The van der Waals surface area contributed by atoms with E-state index in [0.29, 0.717) is 12.8 Å². The van der Waals surface area contributed by atoms with Gasteiger partial charge in [0.25, 0.3) is 0 Å². The number of carbonyl (C=O) groups is 8. The number of amides is 7. The second-order valence-corrected chi connectivity index (χ2v) is 15.1. The first kappa shape index (κ1) is 50.8. The van der Waals surface area contributed by atoms with Crippen LogP contribution in [0.4, 0.5) is 0 Å². The Balaban J connectivity index is 2.41. The Bertz CT molecular complexity index is 1810. The van der Waals surface area contributed by atoms with Crippen molar-refractivity contribution in [1.82, 2.24) is 31.1 Å². The minimum absolute atomic E-state index is 0.0475. The molecule has 61 heavy (non-hydrogen) atoms. The van der Waals surface area contributed by atoms with E-state index in [1.807, 2.05) is 81.5 Å². The van der Waals surface area contributed by atoms with Crippen molar-refractivity contribution in [3.05, 3.63) is 97.2 Å². The Morgan fingerprint density at radius 2 is 1.23 bits per heavy atom. The lowest BCUT2D eigenvalue weighted by Gasteiger charge is -2.33.